The summed E-state index contributed by atoms with van der Waals surface area (Å²) < 4.78 is 0. The van der Waals surface area contributed by atoms with Crippen LogP contribution in [-0.2, 0) is 0 Å². The molecular formula is C10H11Cl. The Morgan fingerprint density at radius 1 is 1.36 bits per heavy atom. The van der Waals surface area contributed by atoms with E-state index >= 15 is 0 Å². The van der Waals surface area contributed by atoms with Crippen LogP contribution in [0.15, 0.2) is 24.3 Å². The zero-order valence-corrected chi connectivity index (χ0v) is 7.52. The van der Waals surface area contributed by atoms with E-state index in [4.69, 9.17) is 18.0 Å². The molecule has 0 saturated heterocycles. The maximum Gasteiger partial charge on any atom is 0.0418 e. The molecule has 0 bridgehead atoms. The maximum absolute atomic E-state index is 5.63. The van der Waals surface area contributed by atoms with Gasteiger partial charge in [0.1, 0.15) is 0 Å². The van der Waals surface area contributed by atoms with Crippen LogP contribution in [0.1, 0.15) is 19.4 Å². The fourth-order valence-electron chi connectivity index (χ4n) is 0.578. The van der Waals surface area contributed by atoms with Gasteiger partial charge in [-0.2, -0.15) is 0 Å². The Bertz CT molecular complexity index is 245. The Kier molecular flexibility index (Phi) is 5.33. The van der Waals surface area contributed by atoms with Crippen molar-refractivity contribution in [1.29, 1.82) is 0 Å². The third-order valence-electron chi connectivity index (χ3n) is 0.991. The Labute approximate surface area is 73.2 Å². The van der Waals surface area contributed by atoms with Crippen LogP contribution in [0.4, 0.5) is 0 Å². The first kappa shape index (κ1) is 10.1. The van der Waals surface area contributed by atoms with Crippen molar-refractivity contribution in [1.82, 2.24) is 0 Å². The number of hydrogen-bond acceptors (Lipinski definition) is 0. The molecule has 0 aromatic heterocycles. The molecule has 1 rings (SSSR count). The third-order valence-corrected chi connectivity index (χ3v) is 1.23. The van der Waals surface area contributed by atoms with Crippen molar-refractivity contribution in [2.24, 2.45) is 0 Å². The lowest BCUT2D eigenvalue weighted by molar-refractivity contribution is 1.50. The summed E-state index contributed by atoms with van der Waals surface area (Å²) in [5.41, 5.74) is 0.822. The molecule has 0 atom stereocenters. The van der Waals surface area contributed by atoms with Gasteiger partial charge in [0, 0.05) is 10.6 Å². The molecule has 1 aromatic rings. The highest BCUT2D eigenvalue weighted by Crippen LogP contribution is 2.08. The van der Waals surface area contributed by atoms with Gasteiger partial charge >= 0.3 is 0 Å². The van der Waals surface area contributed by atoms with Crippen molar-refractivity contribution in [2.75, 3.05) is 0 Å². The molecule has 0 nitrogen and oxygen atoms in total. The summed E-state index contributed by atoms with van der Waals surface area (Å²) in [6, 6.07) is 7.22. The van der Waals surface area contributed by atoms with Crippen molar-refractivity contribution in [2.45, 2.75) is 13.8 Å². The maximum atomic E-state index is 5.63. The fraction of sp³-hybridized carbons (Fsp3) is 0.200. The van der Waals surface area contributed by atoms with Crippen LogP contribution < -0.4 is 0 Å². The first-order chi connectivity index (χ1) is 5.33. The normalized spacial score (nSPS) is 7.45. The van der Waals surface area contributed by atoms with Gasteiger partial charge in [0.15, 0.2) is 0 Å². The number of benzene rings is 1. The Hall–Kier alpha value is -0.930. The number of terminal acetylenes is 1. The van der Waals surface area contributed by atoms with Crippen LogP contribution in [-0.4, -0.2) is 0 Å². The molecule has 0 radical (unpaired) electrons. The third kappa shape index (κ3) is 3.70. The van der Waals surface area contributed by atoms with Gasteiger partial charge < -0.3 is 0 Å². The first-order valence-electron chi connectivity index (χ1n) is 3.55. The minimum absolute atomic E-state index is 0.686. The summed E-state index contributed by atoms with van der Waals surface area (Å²) in [6.07, 6.45) is 5.11. The first-order valence-corrected chi connectivity index (χ1v) is 3.93. The van der Waals surface area contributed by atoms with Crippen LogP contribution in [0, 0.1) is 12.3 Å². The molecule has 0 aliphatic heterocycles. The number of halogens is 1. The smallest absolute Gasteiger partial charge is 0.0418 e. The van der Waals surface area contributed by atoms with Gasteiger partial charge in [0.05, 0.1) is 0 Å². The molecule has 0 saturated carbocycles. The molecule has 0 heterocycles. The van der Waals surface area contributed by atoms with E-state index in [1.54, 1.807) is 12.1 Å². The lowest BCUT2D eigenvalue weighted by Gasteiger charge is -1.88. The zero-order valence-electron chi connectivity index (χ0n) is 6.76. The van der Waals surface area contributed by atoms with E-state index in [9.17, 15) is 0 Å². The van der Waals surface area contributed by atoms with E-state index in [0.29, 0.717) is 5.02 Å². The molecule has 0 spiro atoms. The Morgan fingerprint density at radius 3 is 2.36 bits per heavy atom. The average molecular weight is 167 g/mol. The second kappa shape index (κ2) is 5.82. The van der Waals surface area contributed by atoms with E-state index in [-0.39, 0.29) is 0 Å². The summed E-state index contributed by atoms with van der Waals surface area (Å²) in [5.74, 6) is 2.48. The van der Waals surface area contributed by atoms with E-state index in [1.807, 2.05) is 26.0 Å². The quantitative estimate of drug-likeness (QED) is 0.519. The van der Waals surface area contributed by atoms with Gasteiger partial charge in [-0.05, 0) is 18.2 Å². The van der Waals surface area contributed by atoms with Gasteiger partial charge in [0.2, 0.25) is 0 Å². The largest absolute Gasteiger partial charge is 0.115 e. The second-order valence-electron chi connectivity index (χ2n) is 1.65. The molecule has 1 heteroatoms. The van der Waals surface area contributed by atoms with Crippen molar-refractivity contribution in [3.63, 3.8) is 0 Å². The standard InChI is InChI=1S/C8H5Cl.C2H6/c1-2-7-4-3-5-8(9)6-7;1-2/h1,3-6H;1-2H3. The monoisotopic (exact) mass is 166 g/mol. The minimum atomic E-state index is 0.686. The molecule has 0 amide bonds. The summed E-state index contributed by atoms with van der Waals surface area (Å²) in [6.45, 7) is 4.00. The molecular weight excluding hydrogens is 156 g/mol. The topological polar surface area (TPSA) is 0 Å². The SMILES string of the molecule is C#Cc1cccc(Cl)c1.CC. The number of rotatable bonds is 0. The number of hydrogen-bond donors (Lipinski definition) is 0. The van der Waals surface area contributed by atoms with Crippen molar-refractivity contribution in [3.8, 4) is 12.3 Å². The minimum Gasteiger partial charge on any atom is -0.115 e. The van der Waals surface area contributed by atoms with Crippen molar-refractivity contribution in [3.05, 3.63) is 34.9 Å². The molecule has 0 N–H and O–H groups in total. The second-order valence-corrected chi connectivity index (χ2v) is 2.09. The molecule has 0 unspecified atom stereocenters. The lowest BCUT2D eigenvalue weighted by atomic mass is 10.2. The van der Waals surface area contributed by atoms with Crippen LogP contribution in [0.3, 0.4) is 0 Å². The summed E-state index contributed by atoms with van der Waals surface area (Å²) in [5, 5.41) is 0.686. The highest BCUT2D eigenvalue weighted by molar-refractivity contribution is 6.30. The molecule has 0 fully saturated rings. The van der Waals surface area contributed by atoms with E-state index < -0.39 is 0 Å². The molecule has 0 aliphatic rings. The van der Waals surface area contributed by atoms with E-state index in [1.165, 1.54) is 0 Å². The summed E-state index contributed by atoms with van der Waals surface area (Å²) in [7, 11) is 0. The Morgan fingerprint density at radius 2 is 2.00 bits per heavy atom. The average Bonchev–Trinajstić information content (AvgIpc) is 2.08. The molecule has 58 valence electrons. The van der Waals surface area contributed by atoms with Crippen molar-refractivity contribution < 1.29 is 0 Å². The highest BCUT2D eigenvalue weighted by atomic mass is 35.5. The summed E-state index contributed by atoms with van der Waals surface area (Å²) >= 11 is 5.63. The fourth-order valence-corrected chi connectivity index (χ4v) is 0.769. The predicted molar refractivity (Wildman–Crippen MR) is 50.7 cm³/mol. The highest BCUT2D eigenvalue weighted by Gasteiger charge is 1.85. The van der Waals surface area contributed by atoms with E-state index in [0.717, 1.165) is 5.56 Å². The van der Waals surface area contributed by atoms with Gasteiger partial charge in [-0.1, -0.05) is 37.4 Å². The van der Waals surface area contributed by atoms with Gasteiger partial charge in [-0.25, -0.2) is 0 Å². The molecule has 1 aromatic carbocycles. The lowest BCUT2D eigenvalue weighted by Crippen LogP contribution is -1.69. The van der Waals surface area contributed by atoms with Gasteiger partial charge in [0.25, 0.3) is 0 Å². The van der Waals surface area contributed by atoms with Crippen LogP contribution in [0.2, 0.25) is 5.02 Å². The predicted octanol–water partition coefficient (Wildman–Crippen LogP) is 3.35. The van der Waals surface area contributed by atoms with Crippen LogP contribution in [0.25, 0.3) is 0 Å². The van der Waals surface area contributed by atoms with Gasteiger partial charge in [-0.15, -0.1) is 6.42 Å². The van der Waals surface area contributed by atoms with E-state index in [2.05, 4.69) is 5.92 Å². The van der Waals surface area contributed by atoms with Crippen LogP contribution >= 0.6 is 11.6 Å². The summed E-state index contributed by atoms with van der Waals surface area (Å²) in [4.78, 5) is 0. The Balaban J connectivity index is 0.000000461. The zero-order chi connectivity index (χ0) is 8.69. The van der Waals surface area contributed by atoms with Crippen LogP contribution in [0.5, 0.6) is 0 Å². The van der Waals surface area contributed by atoms with Crippen molar-refractivity contribution >= 4 is 11.6 Å². The molecule has 11 heavy (non-hydrogen) atoms. The molecule has 0 aliphatic carbocycles. The van der Waals surface area contributed by atoms with Gasteiger partial charge in [-0.3, -0.25) is 0 Å².